The second-order valence-corrected chi connectivity index (χ2v) is 6.06. The Bertz CT molecular complexity index is 372. The van der Waals surface area contributed by atoms with E-state index < -0.39 is 21.8 Å². The van der Waals surface area contributed by atoms with E-state index in [1.54, 1.807) is 6.92 Å². The Morgan fingerprint density at radius 1 is 1.56 bits per heavy atom. The summed E-state index contributed by atoms with van der Waals surface area (Å²) in [6, 6.07) is 1.12. The smallest absolute Gasteiger partial charge is 0.236 e. The minimum Gasteiger partial charge on any atom is -0.353 e. The Morgan fingerprint density at radius 2 is 2.12 bits per heavy atom. The van der Waals surface area contributed by atoms with Crippen LogP contribution in [0, 0.1) is 17.2 Å². The molecule has 0 aliphatic carbocycles. The number of nitrogens with zero attached hydrogens (tertiary/aromatic N) is 1. The van der Waals surface area contributed by atoms with E-state index in [0.717, 1.165) is 6.26 Å². The number of nitrogens with one attached hydrogen (secondary N) is 1. The second-order valence-electron chi connectivity index (χ2n) is 3.80. The van der Waals surface area contributed by atoms with E-state index in [2.05, 4.69) is 5.32 Å². The summed E-state index contributed by atoms with van der Waals surface area (Å²) in [5, 5.41) is 11.0. The van der Waals surface area contributed by atoms with Crippen molar-refractivity contribution in [2.75, 3.05) is 18.6 Å². The molecule has 2 atom stereocenters. The zero-order valence-corrected chi connectivity index (χ0v) is 10.3. The van der Waals surface area contributed by atoms with Gasteiger partial charge in [0, 0.05) is 12.8 Å². The van der Waals surface area contributed by atoms with E-state index in [4.69, 9.17) is 11.0 Å². The number of carbonyl (C=O) groups is 1. The molecule has 2 unspecified atom stereocenters. The number of amides is 1. The summed E-state index contributed by atoms with van der Waals surface area (Å²) in [5.41, 5.74) is 5.49. The molecule has 7 heteroatoms. The van der Waals surface area contributed by atoms with Gasteiger partial charge < -0.3 is 11.1 Å². The summed E-state index contributed by atoms with van der Waals surface area (Å²) in [6.07, 6.45) is 1.18. The van der Waals surface area contributed by atoms with Gasteiger partial charge in [-0.25, -0.2) is 8.42 Å². The van der Waals surface area contributed by atoms with Crippen LogP contribution in [0.3, 0.4) is 0 Å². The van der Waals surface area contributed by atoms with E-state index in [-0.39, 0.29) is 24.6 Å². The molecule has 0 spiro atoms. The first-order chi connectivity index (χ1) is 7.26. The lowest BCUT2D eigenvalue weighted by atomic mass is 10.2. The number of hydrogen-bond donors (Lipinski definition) is 2. The second kappa shape index (κ2) is 6.45. The molecule has 0 aliphatic heterocycles. The molecule has 0 aromatic carbocycles. The van der Waals surface area contributed by atoms with Crippen molar-refractivity contribution < 1.29 is 13.2 Å². The third-order valence-electron chi connectivity index (χ3n) is 1.94. The van der Waals surface area contributed by atoms with Gasteiger partial charge in [-0.1, -0.05) is 0 Å². The van der Waals surface area contributed by atoms with Gasteiger partial charge in [-0.2, -0.15) is 5.26 Å². The standard InChI is InChI=1S/C9H17N3O3S/c1-7(5-10)6-12-9(13)8(11)3-4-16(2,14)15/h7-8H,3-4,6,11H2,1-2H3,(H,12,13). The van der Waals surface area contributed by atoms with E-state index in [9.17, 15) is 13.2 Å². The van der Waals surface area contributed by atoms with Crippen molar-refractivity contribution in [2.45, 2.75) is 19.4 Å². The fourth-order valence-electron chi connectivity index (χ4n) is 0.903. The molecule has 0 aliphatic rings. The Morgan fingerprint density at radius 3 is 2.56 bits per heavy atom. The van der Waals surface area contributed by atoms with E-state index in [1.165, 1.54) is 0 Å². The van der Waals surface area contributed by atoms with Crippen LogP contribution in [0.2, 0.25) is 0 Å². The third-order valence-corrected chi connectivity index (χ3v) is 2.92. The maximum Gasteiger partial charge on any atom is 0.236 e. The zero-order valence-electron chi connectivity index (χ0n) is 9.43. The summed E-state index contributed by atoms with van der Waals surface area (Å²) in [7, 11) is -3.10. The number of hydrogen-bond acceptors (Lipinski definition) is 5. The summed E-state index contributed by atoms with van der Waals surface area (Å²) >= 11 is 0. The van der Waals surface area contributed by atoms with Gasteiger partial charge in [0.25, 0.3) is 0 Å². The van der Waals surface area contributed by atoms with Gasteiger partial charge in [0.1, 0.15) is 9.84 Å². The first-order valence-corrected chi connectivity index (χ1v) is 6.93. The molecule has 0 fully saturated rings. The van der Waals surface area contributed by atoms with Crippen molar-refractivity contribution in [3.05, 3.63) is 0 Å². The van der Waals surface area contributed by atoms with E-state index >= 15 is 0 Å². The van der Waals surface area contributed by atoms with Crippen LogP contribution in [-0.4, -0.2) is 38.9 Å². The minimum atomic E-state index is -3.10. The molecule has 1 amide bonds. The third kappa shape index (κ3) is 7.20. The van der Waals surface area contributed by atoms with Crippen LogP contribution < -0.4 is 11.1 Å². The number of carbonyl (C=O) groups excluding carboxylic acids is 1. The first kappa shape index (κ1) is 14.9. The van der Waals surface area contributed by atoms with Gasteiger partial charge in [-0.3, -0.25) is 4.79 Å². The summed E-state index contributed by atoms with van der Waals surface area (Å²) in [4.78, 5) is 11.3. The maximum absolute atomic E-state index is 11.3. The molecule has 0 saturated carbocycles. The Labute approximate surface area is 95.7 Å². The minimum absolute atomic E-state index is 0.0889. The molecule has 0 bridgehead atoms. The highest BCUT2D eigenvalue weighted by Gasteiger charge is 2.16. The van der Waals surface area contributed by atoms with Crippen LogP contribution in [0.25, 0.3) is 0 Å². The van der Waals surface area contributed by atoms with Crippen LogP contribution in [0.1, 0.15) is 13.3 Å². The predicted molar refractivity (Wildman–Crippen MR) is 60.1 cm³/mol. The number of sulfone groups is 1. The average molecular weight is 247 g/mol. The van der Waals surface area contributed by atoms with Gasteiger partial charge >= 0.3 is 0 Å². The highest BCUT2D eigenvalue weighted by molar-refractivity contribution is 7.90. The van der Waals surface area contributed by atoms with Crippen LogP contribution in [-0.2, 0) is 14.6 Å². The molecule has 3 N–H and O–H groups in total. The van der Waals surface area contributed by atoms with Crippen molar-refractivity contribution >= 4 is 15.7 Å². The van der Waals surface area contributed by atoms with Crippen LogP contribution in [0.5, 0.6) is 0 Å². The molecule has 0 saturated heterocycles. The highest BCUT2D eigenvalue weighted by atomic mass is 32.2. The zero-order chi connectivity index (χ0) is 12.8. The van der Waals surface area contributed by atoms with Gasteiger partial charge in [0.2, 0.25) is 5.91 Å². The topological polar surface area (TPSA) is 113 Å². The molecule has 0 aromatic rings. The Hall–Kier alpha value is -1.13. The lowest BCUT2D eigenvalue weighted by molar-refractivity contribution is -0.122. The molecular formula is C9H17N3O3S. The largest absolute Gasteiger partial charge is 0.353 e. The molecule has 16 heavy (non-hydrogen) atoms. The summed E-state index contributed by atoms with van der Waals surface area (Å²) in [6.45, 7) is 1.89. The SMILES string of the molecule is CC(C#N)CNC(=O)C(N)CCS(C)(=O)=O. The van der Waals surface area contributed by atoms with Crippen molar-refractivity contribution in [1.29, 1.82) is 5.26 Å². The number of rotatable bonds is 6. The van der Waals surface area contributed by atoms with E-state index in [1.807, 2.05) is 6.07 Å². The Balaban J connectivity index is 3.97. The van der Waals surface area contributed by atoms with Gasteiger partial charge in [-0.15, -0.1) is 0 Å². The fourth-order valence-corrected chi connectivity index (χ4v) is 1.58. The first-order valence-electron chi connectivity index (χ1n) is 4.87. The molecule has 92 valence electrons. The van der Waals surface area contributed by atoms with Crippen molar-refractivity contribution in [3.63, 3.8) is 0 Å². The molecule has 0 radical (unpaired) electrons. The monoisotopic (exact) mass is 247 g/mol. The molecule has 0 heterocycles. The van der Waals surface area contributed by atoms with Crippen LogP contribution in [0.15, 0.2) is 0 Å². The number of nitriles is 1. The van der Waals surface area contributed by atoms with Crippen molar-refractivity contribution in [1.82, 2.24) is 5.32 Å². The number of nitrogens with two attached hydrogens (primary N) is 1. The predicted octanol–water partition coefficient (Wildman–Crippen LogP) is -0.976. The summed E-state index contributed by atoms with van der Waals surface area (Å²) < 4.78 is 21.7. The molecule has 0 aromatic heterocycles. The highest BCUT2D eigenvalue weighted by Crippen LogP contribution is 1.95. The molecular weight excluding hydrogens is 230 g/mol. The fraction of sp³-hybridized carbons (Fsp3) is 0.778. The maximum atomic E-state index is 11.3. The van der Waals surface area contributed by atoms with Crippen molar-refractivity contribution in [3.8, 4) is 6.07 Å². The lowest BCUT2D eigenvalue weighted by Gasteiger charge is -2.12. The van der Waals surface area contributed by atoms with Gasteiger partial charge in [0.05, 0.1) is 23.8 Å². The molecule has 6 nitrogen and oxygen atoms in total. The normalized spacial score (nSPS) is 14.9. The Kier molecular flexibility index (Phi) is 6.00. The average Bonchev–Trinajstić information content (AvgIpc) is 2.20. The lowest BCUT2D eigenvalue weighted by Crippen LogP contribution is -2.42. The van der Waals surface area contributed by atoms with Gasteiger partial charge in [-0.05, 0) is 13.3 Å². The molecule has 0 rings (SSSR count). The van der Waals surface area contributed by atoms with Gasteiger partial charge in [0.15, 0.2) is 0 Å². The van der Waals surface area contributed by atoms with Crippen LogP contribution >= 0.6 is 0 Å². The summed E-state index contributed by atoms with van der Waals surface area (Å²) in [5.74, 6) is -0.827. The van der Waals surface area contributed by atoms with Crippen LogP contribution in [0.4, 0.5) is 0 Å². The quantitative estimate of drug-likeness (QED) is 0.626. The van der Waals surface area contributed by atoms with Crippen molar-refractivity contribution in [2.24, 2.45) is 11.7 Å². The van der Waals surface area contributed by atoms with E-state index in [0.29, 0.717) is 0 Å².